The molecule has 2 amide bonds. The van der Waals surface area contributed by atoms with E-state index in [4.69, 9.17) is 9.84 Å². The van der Waals surface area contributed by atoms with Crippen LogP contribution in [0.1, 0.15) is 63.0 Å². The molecule has 0 radical (unpaired) electrons. The second-order valence-electron chi connectivity index (χ2n) is 9.77. The third-order valence-corrected chi connectivity index (χ3v) is 7.46. The number of amides is 2. The van der Waals surface area contributed by atoms with Crippen LogP contribution in [0.3, 0.4) is 0 Å². The molecule has 4 rings (SSSR count). The molecule has 0 bridgehead atoms. The second kappa shape index (κ2) is 10.5. The van der Waals surface area contributed by atoms with Crippen LogP contribution in [0.2, 0.25) is 0 Å². The maximum atomic E-state index is 13.4. The highest BCUT2D eigenvalue weighted by Gasteiger charge is 2.47. The third-order valence-electron chi connectivity index (χ3n) is 7.46. The van der Waals surface area contributed by atoms with Crippen molar-refractivity contribution < 1.29 is 24.2 Å². The minimum atomic E-state index is -0.927. The van der Waals surface area contributed by atoms with Crippen LogP contribution in [0.4, 0.5) is 4.79 Å². The number of nitrogens with zero attached hydrogens (tertiary/aromatic N) is 1. The highest BCUT2D eigenvalue weighted by Crippen LogP contribution is 2.44. The molecule has 2 aliphatic carbocycles. The molecule has 35 heavy (non-hydrogen) atoms. The number of carbonyl (C=O) groups is 3. The molecule has 0 saturated heterocycles. The number of rotatable bonds is 9. The number of hydrogen-bond acceptors (Lipinski definition) is 4. The third kappa shape index (κ3) is 5.04. The predicted octanol–water partition coefficient (Wildman–Crippen LogP) is 4.80. The van der Waals surface area contributed by atoms with Crippen molar-refractivity contribution >= 4 is 18.0 Å². The molecule has 7 heteroatoms. The van der Waals surface area contributed by atoms with Gasteiger partial charge in [0.25, 0.3) is 0 Å². The number of carboxylic acids is 1. The summed E-state index contributed by atoms with van der Waals surface area (Å²) in [6.45, 7) is 4.73. The van der Waals surface area contributed by atoms with Gasteiger partial charge < -0.3 is 20.1 Å². The molecule has 186 valence electrons. The monoisotopic (exact) mass is 478 g/mol. The zero-order valence-electron chi connectivity index (χ0n) is 20.5. The molecule has 2 aromatic rings. The molecule has 2 atom stereocenters. The minimum Gasteiger partial charge on any atom is -0.481 e. The lowest BCUT2D eigenvalue weighted by molar-refractivity contribution is -0.143. The van der Waals surface area contributed by atoms with Crippen molar-refractivity contribution in [2.45, 2.75) is 57.9 Å². The van der Waals surface area contributed by atoms with Crippen LogP contribution in [0.15, 0.2) is 48.5 Å². The van der Waals surface area contributed by atoms with E-state index >= 15 is 0 Å². The number of carboxylic acid groups (broad SMARTS) is 1. The number of aliphatic carboxylic acids is 1. The molecule has 2 N–H and O–H groups in total. The Morgan fingerprint density at radius 3 is 2.29 bits per heavy atom. The standard InChI is InChI=1S/C28H34N2O5/c1-3-16-30(17-14-25(31)32)26(33)28(2)15-8-13-24(28)29-27(34)35-18-23-21-11-6-4-9-19(21)20-10-5-7-12-22(20)23/h4-7,9-12,23-24H,3,8,13-18H2,1-2H3,(H,29,34)(H,31,32). The van der Waals surface area contributed by atoms with Crippen LogP contribution < -0.4 is 5.32 Å². The molecule has 7 nitrogen and oxygen atoms in total. The molecule has 1 saturated carbocycles. The van der Waals surface area contributed by atoms with Gasteiger partial charge in [0.2, 0.25) is 5.91 Å². The summed E-state index contributed by atoms with van der Waals surface area (Å²) in [6.07, 6.45) is 2.28. The van der Waals surface area contributed by atoms with Crippen molar-refractivity contribution in [2.75, 3.05) is 19.7 Å². The van der Waals surface area contributed by atoms with E-state index < -0.39 is 17.5 Å². The van der Waals surface area contributed by atoms with Gasteiger partial charge in [-0.25, -0.2) is 4.79 Å². The lowest BCUT2D eigenvalue weighted by Gasteiger charge is -2.36. The van der Waals surface area contributed by atoms with Crippen LogP contribution >= 0.6 is 0 Å². The van der Waals surface area contributed by atoms with Gasteiger partial charge in [0, 0.05) is 25.0 Å². The fourth-order valence-electron chi connectivity index (χ4n) is 5.61. The lowest BCUT2D eigenvalue weighted by Crippen LogP contribution is -2.53. The summed E-state index contributed by atoms with van der Waals surface area (Å²) >= 11 is 0. The van der Waals surface area contributed by atoms with Crippen LogP contribution in [-0.4, -0.2) is 53.7 Å². The Hall–Kier alpha value is -3.35. The van der Waals surface area contributed by atoms with E-state index in [1.54, 1.807) is 4.90 Å². The number of nitrogens with one attached hydrogen (secondary N) is 1. The Bertz CT molecular complexity index is 1050. The molecule has 2 aromatic carbocycles. The smallest absolute Gasteiger partial charge is 0.407 e. The summed E-state index contributed by atoms with van der Waals surface area (Å²) in [7, 11) is 0. The van der Waals surface area contributed by atoms with Crippen molar-refractivity contribution in [3.05, 3.63) is 59.7 Å². The maximum absolute atomic E-state index is 13.4. The molecule has 0 aliphatic heterocycles. The highest BCUT2D eigenvalue weighted by atomic mass is 16.5. The van der Waals surface area contributed by atoms with Crippen LogP contribution in [0.5, 0.6) is 0 Å². The Kier molecular flexibility index (Phi) is 7.43. The number of alkyl carbamates (subject to hydrolysis) is 1. The molecular weight excluding hydrogens is 444 g/mol. The summed E-state index contributed by atoms with van der Waals surface area (Å²) < 4.78 is 5.71. The summed E-state index contributed by atoms with van der Waals surface area (Å²) in [4.78, 5) is 39.0. The Labute approximate surface area is 206 Å². The highest BCUT2D eigenvalue weighted by molar-refractivity contribution is 5.85. The van der Waals surface area contributed by atoms with Gasteiger partial charge in [-0.15, -0.1) is 0 Å². The predicted molar refractivity (Wildman–Crippen MR) is 133 cm³/mol. The van der Waals surface area contributed by atoms with Gasteiger partial charge in [0.15, 0.2) is 0 Å². The zero-order chi connectivity index (χ0) is 25.0. The van der Waals surface area contributed by atoms with E-state index in [0.717, 1.165) is 24.0 Å². The maximum Gasteiger partial charge on any atom is 0.407 e. The Morgan fingerprint density at radius 2 is 1.69 bits per heavy atom. The molecule has 2 aliphatic rings. The summed E-state index contributed by atoms with van der Waals surface area (Å²) in [5.41, 5.74) is 3.86. The minimum absolute atomic E-state index is 0.0270. The van der Waals surface area contributed by atoms with Crippen molar-refractivity contribution in [3.63, 3.8) is 0 Å². The van der Waals surface area contributed by atoms with E-state index in [9.17, 15) is 14.4 Å². The van der Waals surface area contributed by atoms with Crippen LogP contribution in [0.25, 0.3) is 11.1 Å². The van der Waals surface area contributed by atoms with Gasteiger partial charge in [-0.3, -0.25) is 9.59 Å². The van der Waals surface area contributed by atoms with E-state index in [0.29, 0.717) is 19.4 Å². The second-order valence-corrected chi connectivity index (χ2v) is 9.77. The van der Waals surface area contributed by atoms with E-state index in [1.807, 2.05) is 38.1 Å². The molecule has 1 fully saturated rings. The lowest BCUT2D eigenvalue weighted by atomic mass is 9.83. The number of fused-ring (bicyclic) bond motifs is 3. The average Bonchev–Trinajstić information content (AvgIpc) is 3.38. The fourth-order valence-corrected chi connectivity index (χ4v) is 5.61. The summed E-state index contributed by atoms with van der Waals surface area (Å²) in [5.74, 6) is -1.05. The van der Waals surface area contributed by atoms with Gasteiger partial charge in [0.1, 0.15) is 6.61 Å². The first kappa shape index (κ1) is 24.8. The van der Waals surface area contributed by atoms with Crippen molar-refractivity contribution in [2.24, 2.45) is 5.41 Å². The normalized spacial score (nSPS) is 20.7. The van der Waals surface area contributed by atoms with Gasteiger partial charge >= 0.3 is 12.1 Å². The van der Waals surface area contributed by atoms with E-state index in [1.165, 1.54) is 11.1 Å². The average molecular weight is 479 g/mol. The first-order chi connectivity index (χ1) is 16.8. The van der Waals surface area contributed by atoms with E-state index in [-0.39, 0.29) is 37.4 Å². The van der Waals surface area contributed by atoms with Gasteiger partial charge in [0.05, 0.1) is 11.8 Å². The van der Waals surface area contributed by atoms with E-state index in [2.05, 4.69) is 29.6 Å². The first-order valence-electron chi connectivity index (χ1n) is 12.5. The number of ether oxygens (including phenoxy) is 1. The van der Waals surface area contributed by atoms with Crippen LogP contribution in [-0.2, 0) is 14.3 Å². The largest absolute Gasteiger partial charge is 0.481 e. The SMILES string of the molecule is CCCN(CCC(=O)O)C(=O)C1(C)CCCC1NC(=O)OCC1c2ccccc2-c2ccccc21. The van der Waals surface area contributed by atoms with Gasteiger partial charge in [-0.05, 0) is 48.4 Å². The summed E-state index contributed by atoms with van der Waals surface area (Å²) in [6, 6.07) is 16.0. The number of carbonyl (C=O) groups excluding carboxylic acids is 2. The Balaban J connectivity index is 1.41. The first-order valence-corrected chi connectivity index (χ1v) is 12.5. The molecular formula is C28H34N2O5. The number of hydrogen-bond donors (Lipinski definition) is 2. The quantitative estimate of drug-likeness (QED) is 0.540. The van der Waals surface area contributed by atoms with Crippen molar-refractivity contribution in [1.82, 2.24) is 10.2 Å². The zero-order valence-corrected chi connectivity index (χ0v) is 20.5. The number of benzene rings is 2. The van der Waals surface area contributed by atoms with Crippen molar-refractivity contribution in [1.29, 1.82) is 0 Å². The fraction of sp³-hybridized carbons (Fsp3) is 0.464. The van der Waals surface area contributed by atoms with Crippen molar-refractivity contribution in [3.8, 4) is 11.1 Å². The molecule has 0 heterocycles. The van der Waals surface area contributed by atoms with Gasteiger partial charge in [-0.1, -0.05) is 61.9 Å². The molecule has 2 unspecified atom stereocenters. The molecule has 0 aromatic heterocycles. The van der Waals surface area contributed by atoms with Gasteiger partial charge in [-0.2, -0.15) is 0 Å². The Morgan fingerprint density at radius 1 is 1.06 bits per heavy atom. The topological polar surface area (TPSA) is 95.9 Å². The van der Waals surface area contributed by atoms with Crippen LogP contribution in [0, 0.1) is 5.41 Å². The molecule has 0 spiro atoms. The summed E-state index contributed by atoms with van der Waals surface area (Å²) in [5, 5.41) is 12.0.